The van der Waals surface area contributed by atoms with Crippen molar-refractivity contribution in [2.75, 3.05) is 0 Å². The van der Waals surface area contributed by atoms with Crippen molar-refractivity contribution in [2.24, 2.45) is 0 Å². The molecule has 0 bridgehead atoms. The van der Waals surface area contributed by atoms with Crippen molar-refractivity contribution >= 4 is 17.7 Å². The highest BCUT2D eigenvalue weighted by atomic mass is 32.2. The third kappa shape index (κ3) is 4.85. The zero-order valence-corrected chi connectivity index (χ0v) is 11.6. The lowest BCUT2D eigenvalue weighted by Crippen LogP contribution is -2.05. The van der Waals surface area contributed by atoms with Gasteiger partial charge in [-0.25, -0.2) is 0 Å². The first-order chi connectivity index (χ1) is 9.38. The Balaban J connectivity index is 3.03. The molecule has 1 rings (SSSR count). The molecule has 0 aliphatic carbocycles. The van der Waals surface area contributed by atoms with Crippen LogP contribution in [0.25, 0.3) is 5.57 Å². The van der Waals surface area contributed by atoms with Gasteiger partial charge in [0.2, 0.25) is 0 Å². The van der Waals surface area contributed by atoms with Crippen LogP contribution in [-0.4, -0.2) is 4.98 Å². The van der Waals surface area contributed by atoms with E-state index in [2.05, 4.69) is 11.6 Å². The molecule has 1 aromatic heterocycles. The van der Waals surface area contributed by atoms with Crippen molar-refractivity contribution < 1.29 is 17.1 Å². The van der Waals surface area contributed by atoms with E-state index in [0.29, 0.717) is 0 Å². The van der Waals surface area contributed by atoms with E-state index in [1.54, 1.807) is 12.2 Å². The van der Waals surface area contributed by atoms with Crippen LogP contribution in [0.5, 0.6) is 0 Å². The van der Waals surface area contributed by atoms with E-state index < -0.39 is 11.7 Å². The van der Waals surface area contributed by atoms with Gasteiger partial charge in [-0.3, -0.25) is 4.98 Å². The van der Waals surface area contributed by atoms with Gasteiger partial charge in [0.1, 0.15) is 0 Å². The SMILES string of the molecule is C=C(/C=C(\C=C/CC)SF)c1cc(C(F)(F)F)ccn1. The lowest BCUT2D eigenvalue weighted by Gasteiger charge is -2.08. The van der Waals surface area contributed by atoms with E-state index in [1.165, 1.54) is 6.08 Å². The summed E-state index contributed by atoms with van der Waals surface area (Å²) in [4.78, 5) is 4.08. The number of pyridine rings is 1. The van der Waals surface area contributed by atoms with Crippen LogP contribution in [0.4, 0.5) is 17.1 Å². The quantitative estimate of drug-likeness (QED) is 0.520. The lowest BCUT2D eigenvalue weighted by atomic mass is 10.1. The fourth-order valence-corrected chi connectivity index (χ4v) is 1.69. The molecule has 0 fully saturated rings. The normalized spacial score (nSPS) is 12.9. The minimum Gasteiger partial charge on any atom is -0.256 e. The predicted octanol–water partition coefficient (Wildman–Crippen LogP) is 5.58. The molecular weight excluding hydrogens is 290 g/mol. The minimum atomic E-state index is -4.44. The molecule has 0 saturated carbocycles. The second-order valence-corrected chi connectivity index (χ2v) is 4.51. The van der Waals surface area contributed by atoms with Crippen LogP contribution < -0.4 is 0 Å². The van der Waals surface area contributed by atoms with Gasteiger partial charge in [-0.05, 0) is 36.3 Å². The number of alkyl halides is 3. The van der Waals surface area contributed by atoms with Crippen LogP contribution in [0.15, 0.2) is 48.0 Å². The average molecular weight is 303 g/mol. The first-order valence-electron chi connectivity index (χ1n) is 5.77. The smallest absolute Gasteiger partial charge is 0.256 e. The van der Waals surface area contributed by atoms with Gasteiger partial charge in [-0.1, -0.05) is 19.6 Å². The summed E-state index contributed by atoms with van der Waals surface area (Å²) in [5.41, 5.74) is -0.524. The van der Waals surface area contributed by atoms with Crippen molar-refractivity contribution in [3.8, 4) is 0 Å². The van der Waals surface area contributed by atoms with E-state index in [4.69, 9.17) is 0 Å². The van der Waals surface area contributed by atoms with Gasteiger partial charge in [0.15, 0.2) is 0 Å². The van der Waals surface area contributed by atoms with Crippen LogP contribution in [0.3, 0.4) is 0 Å². The van der Waals surface area contributed by atoms with Crippen molar-refractivity contribution in [1.29, 1.82) is 0 Å². The molecule has 20 heavy (non-hydrogen) atoms. The van der Waals surface area contributed by atoms with Crippen molar-refractivity contribution in [3.05, 3.63) is 59.3 Å². The molecule has 1 heterocycles. The van der Waals surface area contributed by atoms with Gasteiger partial charge in [0.25, 0.3) is 0 Å². The highest BCUT2D eigenvalue weighted by Gasteiger charge is 2.30. The number of hydrogen-bond acceptors (Lipinski definition) is 2. The summed E-state index contributed by atoms with van der Waals surface area (Å²) >= 11 is 0.00608. The summed E-state index contributed by atoms with van der Waals surface area (Å²) in [6.07, 6.45) is 1.99. The zero-order chi connectivity index (χ0) is 15.2. The fourth-order valence-electron chi connectivity index (χ4n) is 1.36. The molecule has 0 spiro atoms. The Labute approximate surface area is 119 Å². The van der Waals surface area contributed by atoms with Crippen LogP contribution in [0.2, 0.25) is 0 Å². The number of rotatable bonds is 5. The molecule has 0 aliphatic heterocycles. The Bertz CT molecular complexity index is 532. The average Bonchev–Trinajstić information content (AvgIpc) is 2.42. The Morgan fingerprint density at radius 2 is 2.15 bits per heavy atom. The van der Waals surface area contributed by atoms with Crippen LogP contribution in [0, 0.1) is 0 Å². The van der Waals surface area contributed by atoms with E-state index in [-0.39, 0.29) is 28.3 Å². The number of hydrogen-bond donors (Lipinski definition) is 0. The Morgan fingerprint density at radius 1 is 1.45 bits per heavy atom. The molecule has 0 amide bonds. The zero-order valence-electron chi connectivity index (χ0n) is 10.7. The van der Waals surface area contributed by atoms with Crippen LogP contribution in [-0.2, 0) is 6.18 Å². The van der Waals surface area contributed by atoms with Gasteiger partial charge in [-0.15, -0.1) is 0 Å². The molecular formula is C14H13F4NS. The summed E-state index contributed by atoms with van der Waals surface area (Å²) < 4.78 is 50.4. The topological polar surface area (TPSA) is 12.9 Å². The maximum atomic E-state index is 12.7. The Kier molecular flexibility index (Phi) is 6.01. The molecule has 0 N–H and O–H groups in total. The first kappa shape index (κ1) is 16.5. The Hall–Kier alpha value is -1.56. The maximum Gasteiger partial charge on any atom is 0.416 e. The van der Waals surface area contributed by atoms with E-state index >= 15 is 0 Å². The van der Waals surface area contributed by atoms with Crippen molar-refractivity contribution in [1.82, 2.24) is 4.98 Å². The number of allylic oxidation sites excluding steroid dienone is 4. The maximum absolute atomic E-state index is 12.7. The first-order valence-corrected chi connectivity index (χ1v) is 6.49. The van der Waals surface area contributed by atoms with E-state index in [9.17, 15) is 17.1 Å². The molecule has 0 aliphatic rings. The number of aromatic nitrogens is 1. The van der Waals surface area contributed by atoms with Crippen LogP contribution in [0.1, 0.15) is 24.6 Å². The van der Waals surface area contributed by atoms with Crippen molar-refractivity contribution in [3.63, 3.8) is 0 Å². The second-order valence-electron chi connectivity index (χ2n) is 3.89. The standard InChI is InChI=1S/C14H13F4NS/c1-3-4-5-12(20-18)8-10(2)13-9-11(6-7-19-13)14(15,16)17/h4-9H,2-3H2,1H3/b5-4-,12-8+. The van der Waals surface area contributed by atoms with Crippen molar-refractivity contribution in [2.45, 2.75) is 19.5 Å². The highest BCUT2D eigenvalue weighted by Crippen LogP contribution is 2.31. The molecule has 108 valence electrons. The number of nitrogens with zero attached hydrogens (tertiary/aromatic N) is 1. The molecule has 0 saturated heterocycles. The van der Waals surface area contributed by atoms with Gasteiger partial charge in [0, 0.05) is 11.1 Å². The molecule has 0 aromatic carbocycles. The van der Waals surface area contributed by atoms with Gasteiger partial charge >= 0.3 is 6.18 Å². The second kappa shape index (κ2) is 7.28. The lowest BCUT2D eigenvalue weighted by molar-refractivity contribution is -0.137. The summed E-state index contributed by atoms with van der Waals surface area (Å²) in [7, 11) is 0. The molecule has 0 unspecified atom stereocenters. The molecule has 6 heteroatoms. The molecule has 0 atom stereocenters. The van der Waals surface area contributed by atoms with Gasteiger partial charge < -0.3 is 0 Å². The summed E-state index contributed by atoms with van der Waals surface area (Å²) in [5.74, 6) is 0. The third-order valence-corrected chi connectivity index (χ3v) is 2.77. The summed E-state index contributed by atoms with van der Waals surface area (Å²) in [6, 6.07) is 1.77. The molecule has 1 nitrogen and oxygen atoms in total. The monoisotopic (exact) mass is 303 g/mol. The third-order valence-electron chi connectivity index (χ3n) is 2.34. The summed E-state index contributed by atoms with van der Waals surface area (Å²) in [5, 5.41) is 0. The highest BCUT2D eigenvalue weighted by molar-refractivity contribution is 7.98. The minimum absolute atomic E-state index is 0.00608. The van der Waals surface area contributed by atoms with Gasteiger partial charge in [-0.2, -0.15) is 17.1 Å². The molecule has 0 radical (unpaired) electrons. The summed E-state index contributed by atoms with van der Waals surface area (Å²) in [6.45, 7) is 5.51. The largest absolute Gasteiger partial charge is 0.416 e. The van der Waals surface area contributed by atoms with E-state index in [0.717, 1.165) is 24.8 Å². The fraction of sp³-hybridized carbons (Fsp3) is 0.214. The van der Waals surface area contributed by atoms with E-state index in [1.807, 2.05) is 6.92 Å². The molecule has 1 aromatic rings. The van der Waals surface area contributed by atoms with Crippen LogP contribution >= 0.6 is 12.1 Å². The predicted molar refractivity (Wildman–Crippen MR) is 74.5 cm³/mol. The Morgan fingerprint density at radius 3 is 2.70 bits per heavy atom. The number of halogens is 4. The van der Waals surface area contributed by atoms with Gasteiger partial charge in [0.05, 0.1) is 23.4 Å².